The first-order chi connectivity index (χ1) is 8.76. The predicted octanol–water partition coefficient (Wildman–Crippen LogP) is 3.48. The first-order valence-electron chi connectivity index (χ1n) is 6.97. The third-order valence-electron chi connectivity index (χ3n) is 5.48. The van der Waals surface area contributed by atoms with Gasteiger partial charge in [-0.05, 0) is 55.8 Å². The molecule has 4 aliphatic rings. The van der Waals surface area contributed by atoms with Gasteiger partial charge in [0.2, 0.25) is 0 Å². The zero-order chi connectivity index (χ0) is 12.3. The van der Waals surface area contributed by atoms with Crippen LogP contribution in [-0.4, -0.2) is 10.2 Å². The summed E-state index contributed by atoms with van der Waals surface area (Å²) in [5.74, 6) is 4.07. The lowest BCUT2D eigenvalue weighted by Gasteiger charge is -2.54. The standard InChI is InChI=1S/C14H17N3S/c15-6-11-13(16-17-14(11)18)12-9-2-7-1-8(4-9)5-10(12)3-7/h7-10,12H,1-5H2,(H2,16,17,18). The third kappa shape index (κ3) is 1.37. The Morgan fingerprint density at radius 3 is 2.17 bits per heavy atom. The molecule has 18 heavy (non-hydrogen) atoms. The van der Waals surface area contributed by atoms with Crippen LogP contribution in [0, 0.1) is 39.6 Å². The maximum atomic E-state index is 9.29. The normalized spacial score (nSPS) is 40.9. The van der Waals surface area contributed by atoms with E-state index in [0.717, 1.165) is 29.4 Å². The first kappa shape index (κ1) is 10.8. The van der Waals surface area contributed by atoms with Gasteiger partial charge < -0.3 is 5.10 Å². The minimum Gasteiger partial charge on any atom is -0.302 e. The molecule has 0 saturated heterocycles. The Morgan fingerprint density at radius 2 is 1.61 bits per heavy atom. The van der Waals surface area contributed by atoms with E-state index >= 15 is 0 Å². The maximum Gasteiger partial charge on any atom is 0.137 e. The molecule has 2 N–H and O–H groups in total. The Morgan fingerprint density at radius 1 is 1.00 bits per heavy atom. The molecule has 0 spiro atoms. The van der Waals surface area contributed by atoms with Crippen LogP contribution in [0.25, 0.3) is 0 Å². The molecule has 4 fully saturated rings. The fourth-order valence-corrected chi connectivity index (χ4v) is 5.34. The van der Waals surface area contributed by atoms with Gasteiger partial charge in [-0.25, -0.2) is 0 Å². The highest BCUT2D eigenvalue weighted by Gasteiger charge is 2.49. The molecule has 1 heterocycles. The van der Waals surface area contributed by atoms with Crippen LogP contribution in [0.4, 0.5) is 0 Å². The van der Waals surface area contributed by atoms with Gasteiger partial charge in [-0.3, -0.25) is 5.10 Å². The van der Waals surface area contributed by atoms with Crippen LogP contribution in [0.5, 0.6) is 0 Å². The van der Waals surface area contributed by atoms with Gasteiger partial charge in [0.1, 0.15) is 16.3 Å². The largest absolute Gasteiger partial charge is 0.302 e. The molecule has 4 heteroatoms. The summed E-state index contributed by atoms with van der Waals surface area (Å²) in [6, 6.07) is 2.29. The summed E-state index contributed by atoms with van der Waals surface area (Å²) >= 11 is 5.20. The van der Waals surface area contributed by atoms with Crippen molar-refractivity contribution in [3.63, 3.8) is 0 Å². The monoisotopic (exact) mass is 259 g/mol. The van der Waals surface area contributed by atoms with Gasteiger partial charge in [0.15, 0.2) is 0 Å². The molecular formula is C14H17N3S. The van der Waals surface area contributed by atoms with Crippen molar-refractivity contribution in [2.75, 3.05) is 0 Å². The van der Waals surface area contributed by atoms with Crippen molar-refractivity contribution < 1.29 is 0 Å². The Bertz CT molecular complexity index is 549. The highest BCUT2D eigenvalue weighted by atomic mass is 32.1. The number of aromatic amines is 2. The number of hydrogen-bond donors (Lipinski definition) is 2. The number of hydrogen-bond acceptors (Lipinski definition) is 2. The van der Waals surface area contributed by atoms with Crippen molar-refractivity contribution in [3.05, 3.63) is 15.9 Å². The van der Waals surface area contributed by atoms with E-state index in [1.165, 1.54) is 32.1 Å². The number of rotatable bonds is 1. The summed E-state index contributed by atoms with van der Waals surface area (Å²) in [6.07, 6.45) is 6.94. The molecule has 94 valence electrons. The molecule has 1 aromatic rings. The Hall–Kier alpha value is -1.08. The molecule has 0 aliphatic heterocycles. The van der Waals surface area contributed by atoms with Crippen molar-refractivity contribution in [2.24, 2.45) is 23.7 Å². The van der Waals surface area contributed by atoms with Crippen LogP contribution in [0.15, 0.2) is 0 Å². The van der Waals surface area contributed by atoms with Crippen LogP contribution in [0.2, 0.25) is 0 Å². The van der Waals surface area contributed by atoms with Gasteiger partial charge in [-0.2, -0.15) is 5.26 Å². The topological polar surface area (TPSA) is 55.4 Å². The maximum absolute atomic E-state index is 9.29. The molecule has 0 amide bonds. The van der Waals surface area contributed by atoms with E-state index in [1.807, 2.05) is 0 Å². The van der Waals surface area contributed by atoms with E-state index in [4.69, 9.17) is 12.2 Å². The molecular weight excluding hydrogens is 242 g/mol. The third-order valence-corrected chi connectivity index (χ3v) is 5.79. The molecule has 0 unspecified atom stereocenters. The van der Waals surface area contributed by atoms with Crippen molar-refractivity contribution in [1.29, 1.82) is 5.26 Å². The van der Waals surface area contributed by atoms with Gasteiger partial charge in [0, 0.05) is 5.92 Å². The predicted molar refractivity (Wildman–Crippen MR) is 70.5 cm³/mol. The summed E-state index contributed by atoms with van der Waals surface area (Å²) in [7, 11) is 0. The summed E-state index contributed by atoms with van der Waals surface area (Å²) in [5.41, 5.74) is 1.80. The van der Waals surface area contributed by atoms with Gasteiger partial charge in [0.25, 0.3) is 0 Å². The van der Waals surface area contributed by atoms with Crippen molar-refractivity contribution in [2.45, 2.75) is 38.0 Å². The number of aromatic nitrogens is 2. The van der Waals surface area contributed by atoms with Crippen molar-refractivity contribution in [1.82, 2.24) is 10.2 Å². The lowest BCUT2D eigenvalue weighted by atomic mass is 9.51. The van der Waals surface area contributed by atoms with Crippen LogP contribution in [0.3, 0.4) is 0 Å². The van der Waals surface area contributed by atoms with E-state index in [2.05, 4.69) is 16.3 Å². The van der Waals surface area contributed by atoms with Crippen LogP contribution in [0.1, 0.15) is 49.3 Å². The molecule has 3 nitrogen and oxygen atoms in total. The van der Waals surface area contributed by atoms with E-state index in [1.54, 1.807) is 0 Å². The van der Waals surface area contributed by atoms with E-state index in [-0.39, 0.29) is 0 Å². The summed E-state index contributed by atoms with van der Waals surface area (Å²) in [4.78, 5) is 0. The fraction of sp³-hybridized carbons (Fsp3) is 0.714. The fourth-order valence-electron chi connectivity index (χ4n) is 5.13. The van der Waals surface area contributed by atoms with Crippen LogP contribution < -0.4 is 0 Å². The molecule has 0 aromatic carbocycles. The highest BCUT2D eigenvalue weighted by molar-refractivity contribution is 7.71. The van der Waals surface area contributed by atoms with Gasteiger partial charge in [-0.1, -0.05) is 12.2 Å². The van der Waals surface area contributed by atoms with E-state index < -0.39 is 0 Å². The Balaban J connectivity index is 1.77. The molecule has 4 saturated carbocycles. The zero-order valence-electron chi connectivity index (χ0n) is 10.3. The van der Waals surface area contributed by atoms with E-state index in [9.17, 15) is 5.26 Å². The van der Waals surface area contributed by atoms with Crippen molar-refractivity contribution in [3.8, 4) is 6.07 Å². The molecule has 4 aliphatic carbocycles. The number of H-pyrrole nitrogens is 2. The quantitative estimate of drug-likeness (QED) is 0.759. The average Bonchev–Trinajstić information content (AvgIpc) is 2.69. The number of nitrogens with zero attached hydrogens (tertiary/aromatic N) is 1. The lowest BCUT2D eigenvalue weighted by molar-refractivity contribution is -0.00425. The Kier molecular flexibility index (Phi) is 2.23. The van der Waals surface area contributed by atoms with Crippen molar-refractivity contribution >= 4 is 12.2 Å². The molecule has 4 bridgehead atoms. The Labute approximate surface area is 112 Å². The second-order valence-corrected chi connectivity index (χ2v) is 6.84. The van der Waals surface area contributed by atoms with Gasteiger partial charge in [0.05, 0.1) is 5.69 Å². The smallest absolute Gasteiger partial charge is 0.137 e. The minimum atomic E-state index is 0.556. The zero-order valence-corrected chi connectivity index (χ0v) is 11.1. The average molecular weight is 259 g/mol. The van der Waals surface area contributed by atoms with Crippen LogP contribution in [-0.2, 0) is 0 Å². The summed E-state index contributed by atoms with van der Waals surface area (Å²) in [6.45, 7) is 0. The van der Waals surface area contributed by atoms with Gasteiger partial charge in [-0.15, -0.1) is 0 Å². The second-order valence-electron chi connectivity index (χ2n) is 6.44. The molecule has 0 atom stereocenters. The second kappa shape index (κ2) is 3.71. The molecule has 0 radical (unpaired) electrons. The van der Waals surface area contributed by atoms with Crippen LogP contribution >= 0.6 is 12.2 Å². The molecule has 5 rings (SSSR count). The number of nitriles is 1. The lowest BCUT2D eigenvalue weighted by Crippen LogP contribution is -2.44. The SMILES string of the molecule is N#Cc1c(C2C3CC4CC(C3)CC2C4)[nH][nH]c1=S. The van der Waals surface area contributed by atoms with Gasteiger partial charge >= 0.3 is 0 Å². The summed E-state index contributed by atoms with van der Waals surface area (Å²) in [5, 5.41) is 15.5. The highest BCUT2D eigenvalue weighted by Crippen LogP contribution is 2.59. The number of nitrogens with one attached hydrogen (secondary N) is 2. The van der Waals surface area contributed by atoms with E-state index in [0.29, 0.717) is 16.1 Å². The summed E-state index contributed by atoms with van der Waals surface area (Å²) < 4.78 is 0.585. The first-order valence-corrected chi connectivity index (χ1v) is 7.37. The minimum absolute atomic E-state index is 0.556. The molecule has 1 aromatic heterocycles.